The zero-order valence-electron chi connectivity index (χ0n) is 12.9. The quantitative estimate of drug-likeness (QED) is 0.556. The summed E-state index contributed by atoms with van der Waals surface area (Å²) in [6.07, 6.45) is 1.06. The number of ether oxygens (including phenoxy) is 1. The molecule has 0 aliphatic rings. The number of nitrogens with one attached hydrogen (secondary N) is 1. The minimum atomic E-state index is 0. The normalized spacial score (nSPS) is 10.3. The van der Waals surface area contributed by atoms with E-state index in [2.05, 4.69) is 26.9 Å². The lowest BCUT2D eigenvalue weighted by atomic mass is 10.2. The molecule has 2 aromatic rings. The Hall–Kier alpha value is -1.31. The molecule has 0 fully saturated rings. The molecule has 2 rings (SSSR count). The monoisotopic (exact) mass is 343 g/mol. The Kier molecular flexibility index (Phi) is 8.88. The van der Waals surface area contributed by atoms with Crippen LogP contribution in [0.5, 0.6) is 5.75 Å². The van der Waals surface area contributed by atoms with Crippen molar-refractivity contribution in [2.45, 2.75) is 25.0 Å². The fourth-order valence-corrected chi connectivity index (χ4v) is 2.66. The summed E-state index contributed by atoms with van der Waals surface area (Å²) in [6.45, 7) is 4.48. The summed E-state index contributed by atoms with van der Waals surface area (Å²) >= 11 is 1.67. The summed E-state index contributed by atoms with van der Waals surface area (Å²) in [5.74, 6) is 1.96. The molecule has 0 aliphatic heterocycles. The maximum atomic E-state index is 5.61. The van der Waals surface area contributed by atoms with Crippen molar-refractivity contribution < 1.29 is 4.74 Å². The highest BCUT2D eigenvalue weighted by molar-refractivity contribution is 7.99. The molecule has 0 bridgehead atoms. The number of aryl methyl sites for hydroxylation is 1. The first kappa shape index (κ1) is 18.7. The summed E-state index contributed by atoms with van der Waals surface area (Å²) in [5.41, 5.74) is 1.20. The number of rotatable bonds is 9. The molecular weight excluding hydrogens is 322 g/mol. The van der Waals surface area contributed by atoms with Gasteiger partial charge >= 0.3 is 0 Å². The standard InChI is InChI=1S/C14H21N5OS.ClH/c1-3-20-13-8-5-4-7-12(13)11-15-9-6-10-21-14-16-17-18-19(14)2;/h4-5,7-8,15H,3,6,9-11H2,1-2H3;1H. The van der Waals surface area contributed by atoms with Crippen molar-refractivity contribution in [3.63, 3.8) is 0 Å². The van der Waals surface area contributed by atoms with E-state index in [0.717, 1.165) is 36.2 Å². The second-order valence-electron chi connectivity index (χ2n) is 4.50. The first-order valence-corrected chi connectivity index (χ1v) is 8.06. The number of nitrogens with zero attached hydrogens (tertiary/aromatic N) is 4. The van der Waals surface area contributed by atoms with Crippen molar-refractivity contribution in [2.75, 3.05) is 18.9 Å². The van der Waals surface area contributed by atoms with Gasteiger partial charge in [-0.3, -0.25) is 0 Å². The highest BCUT2D eigenvalue weighted by Crippen LogP contribution is 2.17. The molecule has 122 valence electrons. The van der Waals surface area contributed by atoms with E-state index in [1.807, 2.05) is 32.2 Å². The largest absolute Gasteiger partial charge is 0.494 e. The lowest BCUT2D eigenvalue weighted by molar-refractivity contribution is 0.335. The molecule has 0 saturated carbocycles. The van der Waals surface area contributed by atoms with Crippen molar-refractivity contribution in [2.24, 2.45) is 7.05 Å². The predicted molar refractivity (Wildman–Crippen MR) is 90.7 cm³/mol. The van der Waals surface area contributed by atoms with E-state index in [1.54, 1.807) is 16.4 Å². The lowest BCUT2D eigenvalue weighted by Crippen LogP contribution is -2.16. The molecule has 0 atom stereocenters. The Morgan fingerprint density at radius 2 is 2.14 bits per heavy atom. The van der Waals surface area contributed by atoms with Gasteiger partial charge < -0.3 is 10.1 Å². The molecular formula is C14H22ClN5OS. The average molecular weight is 344 g/mol. The summed E-state index contributed by atoms with van der Waals surface area (Å²) in [4.78, 5) is 0. The van der Waals surface area contributed by atoms with Crippen LogP contribution in [-0.4, -0.2) is 39.1 Å². The van der Waals surface area contributed by atoms with E-state index in [0.29, 0.717) is 6.61 Å². The third-order valence-corrected chi connectivity index (χ3v) is 4.00. The molecule has 0 spiro atoms. The Morgan fingerprint density at radius 3 is 2.86 bits per heavy atom. The zero-order valence-corrected chi connectivity index (χ0v) is 14.5. The van der Waals surface area contributed by atoms with E-state index >= 15 is 0 Å². The van der Waals surface area contributed by atoms with Gasteiger partial charge in [-0.25, -0.2) is 4.68 Å². The molecule has 8 heteroatoms. The van der Waals surface area contributed by atoms with Crippen molar-refractivity contribution >= 4 is 24.2 Å². The number of halogens is 1. The smallest absolute Gasteiger partial charge is 0.209 e. The van der Waals surface area contributed by atoms with Crippen LogP contribution < -0.4 is 10.1 Å². The minimum Gasteiger partial charge on any atom is -0.494 e. The van der Waals surface area contributed by atoms with Crippen LogP contribution in [-0.2, 0) is 13.6 Å². The van der Waals surface area contributed by atoms with Crippen LogP contribution in [0.2, 0.25) is 0 Å². The van der Waals surface area contributed by atoms with E-state index in [-0.39, 0.29) is 12.4 Å². The molecule has 1 aromatic carbocycles. The lowest BCUT2D eigenvalue weighted by Gasteiger charge is -2.10. The van der Waals surface area contributed by atoms with Gasteiger partial charge in [-0.15, -0.1) is 17.5 Å². The number of hydrogen-bond acceptors (Lipinski definition) is 6. The third-order valence-electron chi connectivity index (χ3n) is 2.90. The SMILES string of the molecule is CCOc1ccccc1CNCCCSc1nnnn1C.Cl. The molecule has 0 saturated heterocycles. The average Bonchev–Trinajstić information content (AvgIpc) is 2.90. The number of benzene rings is 1. The van der Waals surface area contributed by atoms with Gasteiger partial charge in [-0.1, -0.05) is 30.0 Å². The summed E-state index contributed by atoms with van der Waals surface area (Å²) < 4.78 is 7.30. The first-order valence-electron chi connectivity index (χ1n) is 7.08. The van der Waals surface area contributed by atoms with E-state index in [9.17, 15) is 0 Å². The van der Waals surface area contributed by atoms with Crippen LogP contribution in [0.1, 0.15) is 18.9 Å². The van der Waals surface area contributed by atoms with Crippen LogP contribution in [0.25, 0.3) is 0 Å². The summed E-state index contributed by atoms with van der Waals surface area (Å²) in [6, 6.07) is 8.14. The van der Waals surface area contributed by atoms with Crippen molar-refractivity contribution in [1.29, 1.82) is 0 Å². The van der Waals surface area contributed by atoms with Gasteiger partial charge in [0.2, 0.25) is 5.16 Å². The second kappa shape index (κ2) is 10.4. The maximum Gasteiger partial charge on any atom is 0.209 e. The third kappa shape index (κ3) is 5.82. The van der Waals surface area contributed by atoms with E-state index < -0.39 is 0 Å². The highest BCUT2D eigenvalue weighted by atomic mass is 35.5. The maximum absolute atomic E-state index is 5.61. The zero-order chi connectivity index (χ0) is 14.9. The summed E-state index contributed by atoms with van der Waals surface area (Å²) in [7, 11) is 1.85. The number of aromatic nitrogens is 4. The van der Waals surface area contributed by atoms with Crippen molar-refractivity contribution in [3.8, 4) is 5.75 Å². The molecule has 6 nitrogen and oxygen atoms in total. The van der Waals surface area contributed by atoms with Crippen LogP contribution in [0, 0.1) is 0 Å². The van der Waals surface area contributed by atoms with E-state index in [4.69, 9.17) is 4.74 Å². The van der Waals surface area contributed by atoms with Crippen molar-refractivity contribution in [3.05, 3.63) is 29.8 Å². The number of para-hydroxylation sites is 1. The van der Waals surface area contributed by atoms with Gasteiger partial charge in [-0.2, -0.15) is 0 Å². The number of thioether (sulfide) groups is 1. The Bertz CT molecular complexity index is 552. The van der Waals surface area contributed by atoms with Crippen LogP contribution in [0.4, 0.5) is 0 Å². The highest BCUT2D eigenvalue weighted by Gasteiger charge is 2.03. The minimum absolute atomic E-state index is 0. The van der Waals surface area contributed by atoms with E-state index in [1.165, 1.54) is 5.56 Å². The Balaban J connectivity index is 0.00000242. The predicted octanol–water partition coefficient (Wildman–Crippen LogP) is 2.30. The molecule has 22 heavy (non-hydrogen) atoms. The number of hydrogen-bond donors (Lipinski definition) is 1. The van der Waals surface area contributed by atoms with Crippen LogP contribution >= 0.6 is 24.2 Å². The van der Waals surface area contributed by atoms with Gasteiger partial charge in [0.1, 0.15) is 5.75 Å². The first-order chi connectivity index (χ1) is 10.3. The fraction of sp³-hybridized carbons (Fsp3) is 0.500. The summed E-state index contributed by atoms with van der Waals surface area (Å²) in [5, 5.41) is 15.7. The molecule has 0 radical (unpaired) electrons. The van der Waals surface area contributed by atoms with Gasteiger partial charge in [0.05, 0.1) is 6.61 Å². The molecule has 0 amide bonds. The molecule has 0 aliphatic carbocycles. The molecule has 1 aromatic heterocycles. The van der Waals surface area contributed by atoms with Crippen LogP contribution in [0.3, 0.4) is 0 Å². The molecule has 1 N–H and O–H groups in total. The van der Waals surface area contributed by atoms with Gasteiger partial charge in [0.15, 0.2) is 0 Å². The van der Waals surface area contributed by atoms with Crippen LogP contribution in [0.15, 0.2) is 29.4 Å². The molecule has 1 heterocycles. The van der Waals surface area contributed by atoms with Gasteiger partial charge in [-0.05, 0) is 36.4 Å². The van der Waals surface area contributed by atoms with Crippen molar-refractivity contribution in [1.82, 2.24) is 25.5 Å². The Morgan fingerprint density at radius 1 is 1.32 bits per heavy atom. The Labute approximate surface area is 141 Å². The fourth-order valence-electron chi connectivity index (χ4n) is 1.87. The topological polar surface area (TPSA) is 64.9 Å². The number of tetrazole rings is 1. The van der Waals surface area contributed by atoms with Gasteiger partial charge in [0.25, 0.3) is 0 Å². The molecule has 0 unspecified atom stereocenters. The second-order valence-corrected chi connectivity index (χ2v) is 5.57. The van der Waals surface area contributed by atoms with Gasteiger partial charge in [0, 0.05) is 24.9 Å².